The molecule has 0 aliphatic rings. The highest BCUT2D eigenvalue weighted by atomic mass is 35.5. The van der Waals surface area contributed by atoms with Gasteiger partial charge in [0.25, 0.3) is 15.9 Å². The first-order valence-electron chi connectivity index (χ1n) is 12.8. The van der Waals surface area contributed by atoms with E-state index in [-0.39, 0.29) is 16.5 Å². The summed E-state index contributed by atoms with van der Waals surface area (Å²) in [6.45, 7) is 4.69. The van der Waals surface area contributed by atoms with Crippen LogP contribution in [0.5, 0.6) is 5.75 Å². The Balaban J connectivity index is 1.56. The first kappa shape index (κ1) is 30.4. The van der Waals surface area contributed by atoms with Crippen LogP contribution in [0.15, 0.2) is 88.9 Å². The molecule has 2 amide bonds. The van der Waals surface area contributed by atoms with E-state index in [4.69, 9.17) is 16.3 Å². The van der Waals surface area contributed by atoms with E-state index in [1.807, 2.05) is 42.7 Å². The van der Waals surface area contributed by atoms with Crippen molar-refractivity contribution in [3.8, 4) is 11.4 Å². The van der Waals surface area contributed by atoms with Gasteiger partial charge in [-0.3, -0.25) is 13.9 Å². The van der Waals surface area contributed by atoms with Crippen molar-refractivity contribution >= 4 is 51.0 Å². The molecule has 4 aromatic rings. The molecule has 1 aromatic heterocycles. The summed E-state index contributed by atoms with van der Waals surface area (Å²) in [5, 5.41) is 7.30. The maximum absolute atomic E-state index is 13.7. The standard InChI is InChI=1S/C30H30ClN5O5S/c1-20-16-23(21(2)36(20)27-7-5-6-24(31)17-27)18-32-34-30(38)19-35(26-10-12-28(41-4)13-11-26)42(39,40)29-14-8-25(9-15-29)33-22(3)37/h5-18H,19H2,1-4H3,(H,33,37)(H,34,38)/b32-18+. The molecule has 218 valence electrons. The molecule has 0 radical (unpaired) electrons. The molecule has 3 aromatic carbocycles. The molecule has 2 N–H and O–H groups in total. The summed E-state index contributed by atoms with van der Waals surface area (Å²) in [6.07, 6.45) is 1.51. The molecule has 0 saturated heterocycles. The van der Waals surface area contributed by atoms with Crippen LogP contribution >= 0.6 is 11.6 Å². The quantitative estimate of drug-likeness (QED) is 0.193. The van der Waals surface area contributed by atoms with Gasteiger partial charge in [0.15, 0.2) is 0 Å². The number of nitrogens with zero attached hydrogens (tertiary/aromatic N) is 3. The van der Waals surface area contributed by atoms with Gasteiger partial charge in [-0.25, -0.2) is 13.8 Å². The number of nitrogens with one attached hydrogen (secondary N) is 2. The number of hydrazone groups is 1. The first-order valence-corrected chi connectivity index (χ1v) is 14.6. The average Bonchev–Trinajstić information content (AvgIpc) is 3.24. The molecule has 0 bridgehead atoms. The Kier molecular flexibility index (Phi) is 9.34. The minimum absolute atomic E-state index is 0.0582. The highest BCUT2D eigenvalue weighted by molar-refractivity contribution is 7.92. The number of hydrogen-bond donors (Lipinski definition) is 2. The minimum Gasteiger partial charge on any atom is -0.497 e. The van der Waals surface area contributed by atoms with E-state index in [1.54, 1.807) is 30.3 Å². The van der Waals surface area contributed by atoms with Gasteiger partial charge in [-0.1, -0.05) is 17.7 Å². The van der Waals surface area contributed by atoms with E-state index in [2.05, 4.69) is 15.8 Å². The largest absolute Gasteiger partial charge is 0.497 e. The molecule has 42 heavy (non-hydrogen) atoms. The Hall–Kier alpha value is -4.61. The lowest BCUT2D eigenvalue weighted by Gasteiger charge is -2.24. The topological polar surface area (TPSA) is 122 Å². The molecule has 12 heteroatoms. The molecule has 0 saturated carbocycles. The van der Waals surface area contributed by atoms with E-state index in [9.17, 15) is 18.0 Å². The van der Waals surface area contributed by atoms with E-state index in [1.165, 1.54) is 44.5 Å². The summed E-state index contributed by atoms with van der Waals surface area (Å²) < 4.78 is 35.5. The number of ether oxygens (including phenoxy) is 1. The molecule has 0 aliphatic carbocycles. The van der Waals surface area contributed by atoms with Gasteiger partial charge in [0, 0.05) is 40.3 Å². The SMILES string of the molecule is COc1ccc(N(CC(=O)N/N=C/c2cc(C)n(-c3cccc(Cl)c3)c2C)S(=O)(=O)c2ccc(NC(C)=O)cc2)cc1. The molecule has 0 fully saturated rings. The van der Waals surface area contributed by atoms with E-state index in [0.717, 1.165) is 26.9 Å². The van der Waals surface area contributed by atoms with Gasteiger partial charge in [-0.05, 0) is 86.6 Å². The van der Waals surface area contributed by atoms with E-state index >= 15 is 0 Å². The lowest BCUT2D eigenvalue weighted by atomic mass is 10.2. The zero-order chi connectivity index (χ0) is 30.4. The van der Waals surface area contributed by atoms with Crippen LogP contribution in [0.25, 0.3) is 5.69 Å². The van der Waals surface area contributed by atoms with Crippen LogP contribution in [0.4, 0.5) is 11.4 Å². The van der Waals surface area contributed by atoms with Crippen molar-refractivity contribution in [3.05, 3.63) is 101 Å². The van der Waals surface area contributed by atoms with Gasteiger partial charge < -0.3 is 14.6 Å². The summed E-state index contributed by atoms with van der Waals surface area (Å²) in [7, 11) is -2.68. The van der Waals surface area contributed by atoms with Gasteiger partial charge in [0.1, 0.15) is 12.3 Å². The molecule has 0 unspecified atom stereocenters. The molecule has 1 heterocycles. The van der Waals surface area contributed by atoms with Crippen molar-refractivity contribution in [2.45, 2.75) is 25.7 Å². The van der Waals surface area contributed by atoms with Crippen molar-refractivity contribution in [1.29, 1.82) is 0 Å². The van der Waals surface area contributed by atoms with Gasteiger partial charge in [-0.15, -0.1) is 0 Å². The van der Waals surface area contributed by atoms with Crippen LogP contribution in [0, 0.1) is 13.8 Å². The maximum atomic E-state index is 13.7. The smallest absolute Gasteiger partial charge is 0.264 e. The normalized spacial score (nSPS) is 11.4. The number of aryl methyl sites for hydroxylation is 1. The lowest BCUT2D eigenvalue weighted by molar-refractivity contribution is -0.119. The number of carbonyl (C=O) groups is 2. The molecular weight excluding hydrogens is 578 g/mol. The number of anilines is 2. The van der Waals surface area contributed by atoms with Gasteiger partial charge >= 0.3 is 0 Å². The highest BCUT2D eigenvalue weighted by Crippen LogP contribution is 2.27. The number of hydrogen-bond acceptors (Lipinski definition) is 6. The molecule has 10 nitrogen and oxygen atoms in total. The summed E-state index contributed by atoms with van der Waals surface area (Å²) >= 11 is 6.17. The predicted molar refractivity (Wildman–Crippen MR) is 164 cm³/mol. The van der Waals surface area contributed by atoms with Crippen LogP contribution in [0.2, 0.25) is 5.02 Å². The van der Waals surface area contributed by atoms with E-state index in [0.29, 0.717) is 16.5 Å². The Bertz CT molecular complexity index is 1730. The van der Waals surface area contributed by atoms with Crippen LogP contribution in [0.3, 0.4) is 0 Å². The Morgan fingerprint density at radius 1 is 1.02 bits per heavy atom. The second-order valence-corrected chi connectivity index (χ2v) is 11.6. The zero-order valence-electron chi connectivity index (χ0n) is 23.5. The van der Waals surface area contributed by atoms with Crippen molar-refractivity contribution < 1.29 is 22.7 Å². The fourth-order valence-electron chi connectivity index (χ4n) is 4.37. The Morgan fingerprint density at radius 2 is 1.71 bits per heavy atom. The number of rotatable bonds is 10. The highest BCUT2D eigenvalue weighted by Gasteiger charge is 2.27. The fraction of sp³-hybridized carbons (Fsp3) is 0.167. The average molecular weight is 608 g/mol. The molecule has 0 aliphatic heterocycles. The fourth-order valence-corrected chi connectivity index (χ4v) is 5.98. The first-order chi connectivity index (χ1) is 20.0. The molecular formula is C30H30ClN5O5S. The van der Waals surface area contributed by atoms with Crippen molar-refractivity contribution in [2.75, 3.05) is 23.3 Å². The maximum Gasteiger partial charge on any atom is 0.264 e. The summed E-state index contributed by atoms with van der Waals surface area (Å²) in [4.78, 5) is 24.3. The zero-order valence-corrected chi connectivity index (χ0v) is 25.0. The lowest BCUT2D eigenvalue weighted by Crippen LogP contribution is -2.39. The van der Waals surface area contributed by atoms with Crippen LogP contribution in [-0.4, -0.2) is 44.7 Å². The van der Waals surface area contributed by atoms with Crippen LogP contribution in [-0.2, 0) is 19.6 Å². The predicted octanol–water partition coefficient (Wildman–Crippen LogP) is 5.06. The van der Waals surface area contributed by atoms with Gasteiger partial charge in [0.2, 0.25) is 5.91 Å². The third kappa shape index (κ3) is 6.99. The Labute approximate surface area is 249 Å². The molecule has 4 rings (SSSR count). The third-order valence-electron chi connectivity index (χ3n) is 6.34. The Morgan fingerprint density at radius 3 is 2.33 bits per heavy atom. The number of carbonyl (C=O) groups excluding carboxylic acids is 2. The molecule has 0 atom stereocenters. The monoisotopic (exact) mass is 607 g/mol. The summed E-state index contributed by atoms with van der Waals surface area (Å²) in [5.41, 5.74) is 6.63. The van der Waals surface area contributed by atoms with Crippen LogP contribution in [0.1, 0.15) is 23.9 Å². The van der Waals surface area contributed by atoms with E-state index < -0.39 is 22.5 Å². The number of halogens is 1. The summed E-state index contributed by atoms with van der Waals surface area (Å²) in [6, 6.07) is 21.4. The van der Waals surface area contributed by atoms with Crippen molar-refractivity contribution in [3.63, 3.8) is 0 Å². The number of sulfonamides is 1. The number of amides is 2. The van der Waals surface area contributed by atoms with Gasteiger partial charge in [0.05, 0.1) is 23.9 Å². The van der Waals surface area contributed by atoms with Crippen molar-refractivity contribution in [2.24, 2.45) is 5.10 Å². The summed E-state index contributed by atoms with van der Waals surface area (Å²) in [5.74, 6) is -0.404. The molecule has 0 spiro atoms. The number of benzene rings is 3. The van der Waals surface area contributed by atoms with Gasteiger partial charge in [-0.2, -0.15) is 5.10 Å². The second-order valence-electron chi connectivity index (χ2n) is 9.35. The van der Waals surface area contributed by atoms with Crippen molar-refractivity contribution in [1.82, 2.24) is 9.99 Å². The number of aromatic nitrogens is 1. The van der Waals surface area contributed by atoms with Crippen LogP contribution < -0.4 is 19.8 Å². The third-order valence-corrected chi connectivity index (χ3v) is 8.36. The number of methoxy groups -OCH3 is 1. The minimum atomic E-state index is -4.18. The second kappa shape index (κ2) is 12.9.